The van der Waals surface area contributed by atoms with Gasteiger partial charge in [-0.2, -0.15) is 0 Å². The number of cyclic esters (lactones) is 1. The van der Waals surface area contributed by atoms with E-state index in [1.54, 1.807) is 0 Å². The highest BCUT2D eigenvalue weighted by molar-refractivity contribution is 5.69. The topological polar surface area (TPSA) is 55.8 Å². The summed E-state index contributed by atoms with van der Waals surface area (Å²) in [5.41, 5.74) is 1.05. The third-order valence-corrected chi connectivity index (χ3v) is 3.17. The third kappa shape index (κ3) is 4.79. The molecule has 0 radical (unpaired) electrons. The van der Waals surface area contributed by atoms with Crippen LogP contribution in [0.2, 0.25) is 0 Å². The lowest BCUT2D eigenvalue weighted by atomic mass is 10.1. The molecule has 0 saturated heterocycles. The molecular weight excluding hydrogens is 256 g/mol. The van der Waals surface area contributed by atoms with E-state index in [0.29, 0.717) is 25.9 Å². The van der Waals surface area contributed by atoms with Crippen molar-refractivity contribution in [2.75, 3.05) is 6.61 Å². The predicted molar refractivity (Wildman–Crippen MR) is 75.0 cm³/mol. The van der Waals surface area contributed by atoms with Crippen LogP contribution in [0.1, 0.15) is 24.8 Å². The molecule has 2 rings (SSSR count). The standard InChI is InChI=1S/C16H20O4/c17-14-9-5-2-6-10-16(18)20-15(14)12-19-11-13-7-3-1-4-8-13/h1-5,7-8,14-15,17H,6,9-12H2/b5-2-/t14-,15+/m0/s1. The van der Waals surface area contributed by atoms with Crippen LogP contribution in [-0.4, -0.2) is 29.9 Å². The minimum Gasteiger partial charge on any atom is -0.457 e. The summed E-state index contributed by atoms with van der Waals surface area (Å²) in [6.07, 6.45) is 3.95. The molecule has 0 bridgehead atoms. The Morgan fingerprint density at radius 2 is 2.05 bits per heavy atom. The zero-order valence-corrected chi connectivity index (χ0v) is 11.4. The summed E-state index contributed by atoms with van der Waals surface area (Å²) in [4.78, 5) is 11.6. The van der Waals surface area contributed by atoms with Crippen molar-refractivity contribution in [1.29, 1.82) is 0 Å². The van der Waals surface area contributed by atoms with Gasteiger partial charge in [-0.1, -0.05) is 42.5 Å². The van der Waals surface area contributed by atoms with Gasteiger partial charge in [0.05, 0.1) is 19.3 Å². The number of carbonyl (C=O) groups excluding carboxylic acids is 1. The quantitative estimate of drug-likeness (QED) is 0.676. The molecule has 1 aliphatic heterocycles. The second kappa shape index (κ2) is 7.82. The van der Waals surface area contributed by atoms with Crippen LogP contribution in [0.15, 0.2) is 42.5 Å². The summed E-state index contributed by atoms with van der Waals surface area (Å²) in [6, 6.07) is 9.76. The summed E-state index contributed by atoms with van der Waals surface area (Å²) in [5.74, 6) is -0.288. The molecule has 4 heteroatoms. The number of hydrogen-bond donors (Lipinski definition) is 1. The Morgan fingerprint density at radius 1 is 1.25 bits per heavy atom. The zero-order chi connectivity index (χ0) is 14.2. The second-order valence-corrected chi connectivity index (χ2v) is 4.84. The first-order valence-corrected chi connectivity index (χ1v) is 6.90. The summed E-state index contributed by atoms with van der Waals surface area (Å²) in [7, 11) is 0. The monoisotopic (exact) mass is 276 g/mol. The Kier molecular flexibility index (Phi) is 5.77. The fourth-order valence-corrected chi connectivity index (χ4v) is 2.03. The fourth-order valence-electron chi connectivity index (χ4n) is 2.03. The van der Waals surface area contributed by atoms with Gasteiger partial charge in [0.2, 0.25) is 0 Å². The van der Waals surface area contributed by atoms with Gasteiger partial charge in [-0.25, -0.2) is 0 Å². The van der Waals surface area contributed by atoms with Crippen LogP contribution in [0.25, 0.3) is 0 Å². The van der Waals surface area contributed by atoms with Gasteiger partial charge in [-0.15, -0.1) is 0 Å². The molecule has 0 amide bonds. The SMILES string of the molecule is O=C1CC/C=C\C[C@H](O)[C@@H](COCc2ccccc2)O1. The third-order valence-electron chi connectivity index (χ3n) is 3.17. The van der Waals surface area contributed by atoms with E-state index in [0.717, 1.165) is 5.56 Å². The average molecular weight is 276 g/mol. The average Bonchev–Trinajstić information content (AvgIpc) is 2.53. The molecule has 108 valence electrons. The molecule has 1 heterocycles. The van der Waals surface area contributed by atoms with E-state index < -0.39 is 12.2 Å². The summed E-state index contributed by atoms with van der Waals surface area (Å²) >= 11 is 0. The van der Waals surface area contributed by atoms with E-state index in [1.807, 2.05) is 42.5 Å². The van der Waals surface area contributed by atoms with Crippen molar-refractivity contribution in [2.45, 2.75) is 38.1 Å². The van der Waals surface area contributed by atoms with Crippen LogP contribution in [-0.2, 0) is 20.9 Å². The molecule has 0 aliphatic carbocycles. The largest absolute Gasteiger partial charge is 0.457 e. The van der Waals surface area contributed by atoms with Crippen molar-refractivity contribution in [1.82, 2.24) is 0 Å². The Morgan fingerprint density at radius 3 is 2.85 bits per heavy atom. The van der Waals surface area contributed by atoms with Gasteiger partial charge in [0, 0.05) is 6.42 Å². The van der Waals surface area contributed by atoms with Gasteiger partial charge >= 0.3 is 5.97 Å². The summed E-state index contributed by atoms with van der Waals surface area (Å²) < 4.78 is 10.8. The first-order valence-electron chi connectivity index (χ1n) is 6.90. The Bertz CT molecular complexity index is 441. The molecule has 1 aromatic rings. The van der Waals surface area contributed by atoms with Gasteiger partial charge in [-0.05, 0) is 18.4 Å². The number of aliphatic hydroxyl groups is 1. The molecule has 0 unspecified atom stereocenters. The minimum absolute atomic E-state index is 0.204. The first-order chi connectivity index (χ1) is 9.75. The minimum atomic E-state index is -0.718. The number of aliphatic hydroxyl groups excluding tert-OH is 1. The lowest BCUT2D eigenvalue weighted by Gasteiger charge is -2.22. The van der Waals surface area contributed by atoms with Crippen LogP contribution in [0.5, 0.6) is 0 Å². The van der Waals surface area contributed by atoms with Crippen LogP contribution in [0.3, 0.4) is 0 Å². The molecule has 0 saturated carbocycles. The van der Waals surface area contributed by atoms with E-state index in [9.17, 15) is 9.90 Å². The highest BCUT2D eigenvalue weighted by atomic mass is 16.6. The van der Waals surface area contributed by atoms with E-state index in [4.69, 9.17) is 9.47 Å². The van der Waals surface area contributed by atoms with E-state index >= 15 is 0 Å². The number of benzene rings is 1. The maximum atomic E-state index is 11.6. The maximum absolute atomic E-state index is 11.6. The summed E-state index contributed by atoms with van der Waals surface area (Å²) in [5, 5.41) is 10.0. The van der Waals surface area contributed by atoms with E-state index in [-0.39, 0.29) is 12.6 Å². The Balaban J connectivity index is 1.85. The van der Waals surface area contributed by atoms with Crippen molar-refractivity contribution >= 4 is 5.97 Å². The molecule has 1 aromatic carbocycles. The molecule has 0 aromatic heterocycles. The van der Waals surface area contributed by atoms with Crippen molar-refractivity contribution in [3.8, 4) is 0 Å². The normalized spacial score (nSPS) is 25.1. The van der Waals surface area contributed by atoms with Crippen molar-refractivity contribution in [3.63, 3.8) is 0 Å². The molecule has 1 N–H and O–H groups in total. The van der Waals surface area contributed by atoms with E-state index in [2.05, 4.69) is 0 Å². The van der Waals surface area contributed by atoms with Gasteiger partial charge in [-0.3, -0.25) is 4.79 Å². The molecule has 20 heavy (non-hydrogen) atoms. The van der Waals surface area contributed by atoms with Gasteiger partial charge < -0.3 is 14.6 Å². The Hall–Kier alpha value is -1.65. The van der Waals surface area contributed by atoms with Crippen LogP contribution in [0.4, 0.5) is 0 Å². The van der Waals surface area contributed by atoms with E-state index in [1.165, 1.54) is 0 Å². The number of allylic oxidation sites excluding steroid dienone is 1. The zero-order valence-electron chi connectivity index (χ0n) is 11.4. The number of hydrogen-bond acceptors (Lipinski definition) is 4. The number of carbonyl (C=O) groups is 1. The van der Waals surface area contributed by atoms with Crippen molar-refractivity contribution < 1.29 is 19.4 Å². The Labute approximate surface area is 119 Å². The van der Waals surface area contributed by atoms with Gasteiger partial charge in [0.25, 0.3) is 0 Å². The molecular formula is C16H20O4. The highest BCUT2D eigenvalue weighted by Crippen LogP contribution is 2.12. The highest BCUT2D eigenvalue weighted by Gasteiger charge is 2.23. The first kappa shape index (κ1) is 14.8. The lowest BCUT2D eigenvalue weighted by Crippen LogP contribution is -2.34. The number of ether oxygens (including phenoxy) is 2. The fraction of sp³-hybridized carbons (Fsp3) is 0.438. The smallest absolute Gasteiger partial charge is 0.306 e. The van der Waals surface area contributed by atoms with Crippen molar-refractivity contribution in [3.05, 3.63) is 48.0 Å². The van der Waals surface area contributed by atoms with Crippen LogP contribution >= 0.6 is 0 Å². The lowest BCUT2D eigenvalue weighted by molar-refractivity contribution is -0.159. The van der Waals surface area contributed by atoms with Gasteiger partial charge in [0.1, 0.15) is 0 Å². The number of rotatable bonds is 4. The molecule has 0 spiro atoms. The summed E-state index contributed by atoms with van der Waals surface area (Å²) in [6.45, 7) is 0.646. The molecule has 4 nitrogen and oxygen atoms in total. The van der Waals surface area contributed by atoms with Crippen LogP contribution < -0.4 is 0 Å². The maximum Gasteiger partial charge on any atom is 0.306 e. The number of esters is 1. The second-order valence-electron chi connectivity index (χ2n) is 4.84. The predicted octanol–water partition coefficient (Wildman–Crippen LogP) is 2.22. The van der Waals surface area contributed by atoms with Crippen molar-refractivity contribution in [2.24, 2.45) is 0 Å². The van der Waals surface area contributed by atoms with Gasteiger partial charge in [0.15, 0.2) is 6.10 Å². The molecule has 0 fully saturated rings. The molecule has 2 atom stereocenters. The molecule has 1 aliphatic rings. The van der Waals surface area contributed by atoms with Crippen LogP contribution in [0, 0.1) is 0 Å².